The SMILES string of the molecule is C[C@H](CO)CN(Cc1ccccc1)Cc1cc(C2CCCCC2)no1. The lowest BCUT2D eigenvalue weighted by Crippen LogP contribution is -2.29. The first-order chi connectivity index (χ1) is 12.2. The van der Waals surface area contributed by atoms with E-state index in [1.54, 1.807) is 0 Å². The number of hydrogen-bond donors (Lipinski definition) is 1. The lowest BCUT2D eigenvalue weighted by Gasteiger charge is -2.24. The normalized spacial score (nSPS) is 17.1. The molecular weight excluding hydrogens is 312 g/mol. The van der Waals surface area contributed by atoms with E-state index in [-0.39, 0.29) is 12.5 Å². The maximum absolute atomic E-state index is 9.43. The van der Waals surface area contributed by atoms with Crippen LogP contribution in [0.1, 0.15) is 62.0 Å². The fraction of sp³-hybridized carbons (Fsp3) is 0.571. The van der Waals surface area contributed by atoms with Crippen LogP contribution >= 0.6 is 0 Å². The molecule has 2 aromatic rings. The molecule has 3 rings (SSSR count). The van der Waals surface area contributed by atoms with Gasteiger partial charge in [-0.25, -0.2) is 0 Å². The Balaban J connectivity index is 1.65. The number of aliphatic hydroxyl groups is 1. The Kier molecular flexibility index (Phi) is 6.65. The van der Waals surface area contributed by atoms with Crippen LogP contribution in [0, 0.1) is 5.92 Å². The van der Waals surface area contributed by atoms with E-state index >= 15 is 0 Å². The predicted octanol–water partition coefficient (Wildman–Crippen LogP) is 4.35. The van der Waals surface area contributed by atoms with E-state index in [4.69, 9.17) is 4.52 Å². The molecule has 0 aliphatic heterocycles. The van der Waals surface area contributed by atoms with Crippen LogP contribution in [0.3, 0.4) is 0 Å². The molecule has 0 amide bonds. The van der Waals surface area contributed by atoms with E-state index < -0.39 is 0 Å². The van der Waals surface area contributed by atoms with Crippen LogP contribution in [0.2, 0.25) is 0 Å². The van der Waals surface area contributed by atoms with Gasteiger partial charge in [0, 0.05) is 31.7 Å². The quantitative estimate of drug-likeness (QED) is 0.775. The van der Waals surface area contributed by atoms with Crippen LogP contribution in [0.5, 0.6) is 0 Å². The molecule has 1 N–H and O–H groups in total. The summed E-state index contributed by atoms with van der Waals surface area (Å²) in [5.41, 5.74) is 2.41. The van der Waals surface area contributed by atoms with E-state index in [2.05, 4.69) is 47.3 Å². The number of aromatic nitrogens is 1. The topological polar surface area (TPSA) is 49.5 Å². The van der Waals surface area contributed by atoms with Gasteiger partial charge in [-0.05, 0) is 24.3 Å². The van der Waals surface area contributed by atoms with Crippen molar-refractivity contribution >= 4 is 0 Å². The van der Waals surface area contributed by atoms with Gasteiger partial charge in [0.15, 0.2) is 5.76 Å². The number of rotatable bonds is 8. The molecule has 0 bridgehead atoms. The summed E-state index contributed by atoms with van der Waals surface area (Å²) in [4.78, 5) is 2.33. The molecule has 1 atom stereocenters. The summed E-state index contributed by atoms with van der Waals surface area (Å²) in [6, 6.07) is 12.6. The third-order valence-electron chi connectivity index (χ3n) is 5.11. The Morgan fingerprint density at radius 3 is 2.64 bits per heavy atom. The highest BCUT2D eigenvalue weighted by molar-refractivity contribution is 5.15. The zero-order valence-electron chi connectivity index (χ0n) is 15.2. The molecule has 25 heavy (non-hydrogen) atoms. The molecule has 1 aliphatic rings. The first-order valence-corrected chi connectivity index (χ1v) is 9.57. The van der Waals surface area contributed by atoms with Crippen LogP contribution in [0.4, 0.5) is 0 Å². The third kappa shape index (κ3) is 5.41. The Morgan fingerprint density at radius 1 is 1.16 bits per heavy atom. The van der Waals surface area contributed by atoms with E-state index in [1.165, 1.54) is 37.7 Å². The average Bonchev–Trinajstić information content (AvgIpc) is 3.11. The molecule has 1 aromatic carbocycles. The fourth-order valence-corrected chi connectivity index (χ4v) is 3.74. The second kappa shape index (κ2) is 9.16. The molecule has 0 radical (unpaired) electrons. The van der Waals surface area contributed by atoms with E-state index in [9.17, 15) is 5.11 Å². The number of benzene rings is 1. The minimum atomic E-state index is 0.203. The predicted molar refractivity (Wildman–Crippen MR) is 99.1 cm³/mol. The van der Waals surface area contributed by atoms with Crippen molar-refractivity contribution in [3.63, 3.8) is 0 Å². The highest BCUT2D eigenvalue weighted by Gasteiger charge is 2.20. The van der Waals surface area contributed by atoms with Gasteiger partial charge < -0.3 is 9.63 Å². The van der Waals surface area contributed by atoms with Gasteiger partial charge in [0.25, 0.3) is 0 Å². The fourth-order valence-electron chi connectivity index (χ4n) is 3.74. The highest BCUT2D eigenvalue weighted by atomic mass is 16.5. The largest absolute Gasteiger partial charge is 0.396 e. The lowest BCUT2D eigenvalue weighted by molar-refractivity contribution is 0.153. The first-order valence-electron chi connectivity index (χ1n) is 9.57. The van der Waals surface area contributed by atoms with Gasteiger partial charge in [0.05, 0.1) is 12.2 Å². The number of aliphatic hydroxyl groups excluding tert-OH is 1. The molecule has 0 unspecified atom stereocenters. The Morgan fingerprint density at radius 2 is 1.92 bits per heavy atom. The molecule has 1 heterocycles. The van der Waals surface area contributed by atoms with Crippen LogP contribution in [-0.2, 0) is 13.1 Å². The van der Waals surface area contributed by atoms with Gasteiger partial charge in [0.1, 0.15) is 0 Å². The van der Waals surface area contributed by atoms with Crippen molar-refractivity contribution in [1.82, 2.24) is 10.1 Å². The zero-order valence-corrected chi connectivity index (χ0v) is 15.2. The molecule has 1 aromatic heterocycles. The van der Waals surface area contributed by atoms with Crippen LogP contribution in [0.25, 0.3) is 0 Å². The molecule has 1 fully saturated rings. The summed E-state index contributed by atoms with van der Waals surface area (Å²) >= 11 is 0. The smallest absolute Gasteiger partial charge is 0.150 e. The molecule has 136 valence electrons. The molecule has 0 spiro atoms. The second-order valence-electron chi connectivity index (χ2n) is 7.50. The highest BCUT2D eigenvalue weighted by Crippen LogP contribution is 2.32. The molecule has 4 heteroatoms. The monoisotopic (exact) mass is 342 g/mol. The lowest BCUT2D eigenvalue weighted by atomic mass is 9.87. The molecule has 1 aliphatic carbocycles. The van der Waals surface area contributed by atoms with E-state index in [0.717, 1.165) is 31.1 Å². The van der Waals surface area contributed by atoms with Crippen molar-refractivity contribution in [2.75, 3.05) is 13.2 Å². The van der Waals surface area contributed by atoms with Crippen LogP contribution in [-0.4, -0.2) is 28.3 Å². The van der Waals surface area contributed by atoms with Gasteiger partial charge in [-0.15, -0.1) is 0 Å². The van der Waals surface area contributed by atoms with Crippen molar-refractivity contribution in [2.45, 2.75) is 58.0 Å². The minimum absolute atomic E-state index is 0.203. The van der Waals surface area contributed by atoms with E-state index in [1.807, 2.05) is 6.07 Å². The van der Waals surface area contributed by atoms with Crippen molar-refractivity contribution in [2.24, 2.45) is 5.92 Å². The summed E-state index contributed by atoms with van der Waals surface area (Å²) < 4.78 is 5.65. The first kappa shape index (κ1) is 18.2. The Labute approximate surface area is 150 Å². The number of nitrogens with zero attached hydrogens (tertiary/aromatic N) is 2. The summed E-state index contributed by atoms with van der Waals surface area (Å²) in [5.74, 6) is 1.75. The zero-order chi connectivity index (χ0) is 17.5. The maximum Gasteiger partial charge on any atom is 0.150 e. The molecule has 4 nitrogen and oxygen atoms in total. The summed E-state index contributed by atoms with van der Waals surface area (Å²) in [6.07, 6.45) is 6.44. The summed E-state index contributed by atoms with van der Waals surface area (Å²) in [6.45, 7) is 4.70. The van der Waals surface area contributed by atoms with Crippen molar-refractivity contribution in [3.8, 4) is 0 Å². The molecule has 1 saturated carbocycles. The third-order valence-corrected chi connectivity index (χ3v) is 5.11. The minimum Gasteiger partial charge on any atom is -0.396 e. The molecule has 0 saturated heterocycles. The van der Waals surface area contributed by atoms with Gasteiger partial charge in [-0.1, -0.05) is 61.7 Å². The standard InChI is InChI=1S/C21H30N2O2/c1-17(16-24)13-23(14-18-8-4-2-5-9-18)15-20-12-21(22-25-20)19-10-6-3-7-11-19/h2,4-5,8-9,12,17,19,24H,3,6-7,10-11,13-16H2,1H3/t17-/m0/s1. The second-order valence-corrected chi connectivity index (χ2v) is 7.50. The van der Waals surface area contributed by atoms with Gasteiger partial charge in [0.2, 0.25) is 0 Å². The van der Waals surface area contributed by atoms with Gasteiger partial charge in [-0.2, -0.15) is 0 Å². The van der Waals surface area contributed by atoms with E-state index in [0.29, 0.717) is 5.92 Å². The molecular formula is C21H30N2O2. The maximum atomic E-state index is 9.43. The van der Waals surface area contributed by atoms with Crippen molar-refractivity contribution in [1.29, 1.82) is 0 Å². The van der Waals surface area contributed by atoms with Gasteiger partial charge >= 0.3 is 0 Å². The summed E-state index contributed by atoms with van der Waals surface area (Å²) in [7, 11) is 0. The average molecular weight is 342 g/mol. The van der Waals surface area contributed by atoms with Crippen LogP contribution in [0.15, 0.2) is 40.9 Å². The summed E-state index contributed by atoms with van der Waals surface area (Å²) in [5, 5.41) is 13.8. The van der Waals surface area contributed by atoms with Crippen LogP contribution < -0.4 is 0 Å². The van der Waals surface area contributed by atoms with Crippen molar-refractivity contribution in [3.05, 3.63) is 53.4 Å². The number of hydrogen-bond acceptors (Lipinski definition) is 4. The van der Waals surface area contributed by atoms with Crippen molar-refractivity contribution < 1.29 is 9.63 Å². The Bertz CT molecular complexity index is 620. The van der Waals surface area contributed by atoms with Gasteiger partial charge in [-0.3, -0.25) is 4.90 Å². The Hall–Kier alpha value is -1.65.